The van der Waals surface area contributed by atoms with E-state index < -0.39 is 0 Å². The Labute approximate surface area is 146 Å². The Hall–Kier alpha value is -2.47. The molecule has 0 fully saturated rings. The summed E-state index contributed by atoms with van der Waals surface area (Å²) in [6, 6.07) is 17.2. The molecule has 0 saturated carbocycles. The van der Waals surface area contributed by atoms with Crippen LogP contribution in [0.15, 0.2) is 59.5 Å². The fourth-order valence-electron chi connectivity index (χ4n) is 2.23. The van der Waals surface area contributed by atoms with Gasteiger partial charge < -0.3 is 16.0 Å². The van der Waals surface area contributed by atoms with E-state index in [0.717, 1.165) is 17.1 Å². The molecule has 2 amide bonds. The normalized spacial score (nSPS) is 10.2. The number of carbonyl (C=O) groups excluding carboxylic acids is 2. The first-order chi connectivity index (χ1) is 11.6. The van der Waals surface area contributed by atoms with Crippen LogP contribution in [-0.4, -0.2) is 30.7 Å². The second-order valence-electron chi connectivity index (χ2n) is 5.15. The van der Waals surface area contributed by atoms with Crippen molar-refractivity contribution in [1.29, 1.82) is 0 Å². The van der Waals surface area contributed by atoms with Gasteiger partial charge in [-0.3, -0.25) is 9.59 Å². The van der Waals surface area contributed by atoms with E-state index in [1.54, 1.807) is 0 Å². The Morgan fingerprint density at radius 1 is 1.08 bits per heavy atom. The average molecular weight is 343 g/mol. The number of hydrogen-bond donors (Lipinski definition) is 2. The maximum atomic E-state index is 12.4. The molecule has 0 aliphatic rings. The number of rotatable bonds is 8. The number of amides is 2. The third kappa shape index (κ3) is 5.31. The molecule has 0 saturated heterocycles. The predicted molar refractivity (Wildman–Crippen MR) is 99.3 cm³/mol. The number of primary amides is 1. The number of thioether (sulfide) groups is 1. The molecule has 24 heavy (non-hydrogen) atoms. The van der Waals surface area contributed by atoms with Crippen molar-refractivity contribution in [3.63, 3.8) is 0 Å². The summed E-state index contributed by atoms with van der Waals surface area (Å²) in [5, 5.41) is 2.92. The molecule has 6 heteroatoms. The van der Waals surface area contributed by atoms with Gasteiger partial charge >= 0.3 is 0 Å². The van der Waals surface area contributed by atoms with Crippen molar-refractivity contribution in [3.8, 4) is 0 Å². The molecule has 2 aromatic rings. The van der Waals surface area contributed by atoms with Crippen LogP contribution < -0.4 is 16.0 Å². The van der Waals surface area contributed by atoms with E-state index in [1.807, 2.05) is 66.4 Å². The highest BCUT2D eigenvalue weighted by Gasteiger charge is 2.12. The van der Waals surface area contributed by atoms with Gasteiger partial charge in [0.05, 0.1) is 18.0 Å². The van der Waals surface area contributed by atoms with Gasteiger partial charge in [-0.05, 0) is 31.2 Å². The summed E-state index contributed by atoms with van der Waals surface area (Å²) in [6.45, 7) is 3.00. The van der Waals surface area contributed by atoms with Gasteiger partial charge in [0, 0.05) is 17.1 Å². The fraction of sp³-hybridized carbons (Fsp3) is 0.222. The summed E-state index contributed by atoms with van der Waals surface area (Å²) in [5.74, 6) is -0.312. The summed E-state index contributed by atoms with van der Waals surface area (Å²) in [7, 11) is 0. The quantitative estimate of drug-likeness (QED) is 0.723. The number of likely N-dealkylation sites (N-methyl/N-ethyl adjacent to an activating group) is 1. The largest absolute Gasteiger partial charge is 0.369 e. The van der Waals surface area contributed by atoms with Gasteiger partial charge in [0.15, 0.2) is 0 Å². The van der Waals surface area contributed by atoms with Crippen LogP contribution in [-0.2, 0) is 9.59 Å². The Bertz CT molecular complexity index is 692. The molecule has 0 bridgehead atoms. The maximum absolute atomic E-state index is 12.4. The van der Waals surface area contributed by atoms with Crippen LogP contribution in [0.3, 0.4) is 0 Å². The van der Waals surface area contributed by atoms with Crippen LogP contribution in [0.2, 0.25) is 0 Å². The topological polar surface area (TPSA) is 75.4 Å². The van der Waals surface area contributed by atoms with E-state index in [-0.39, 0.29) is 24.1 Å². The van der Waals surface area contributed by atoms with Gasteiger partial charge in [0.25, 0.3) is 0 Å². The number of nitrogens with zero attached hydrogens (tertiary/aromatic N) is 1. The second-order valence-corrected chi connectivity index (χ2v) is 6.17. The first-order valence-corrected chi connectivity index (χ1v) is 8.68. The van der Waals surface area contributed by atoms with Crippen LogP contribution in [0.4, 0.5) is 11.4 Å². The van der Waals surface area contributed by atoms with E-state index in [9.17, 15) is 9.59 Å². The third-order valence-corrected chi connectivity index (χ3v) is 4.46. The van der Waals surface area contributed by atoms with E-state index >= 15 is 0 Å². The number of benzene rings is 2. The number of nitrogens with one attached hydrogen (secondary N) is 1. The van der Waals surface area contributed by atoms with E-state index in [0.29, 0.717) is 5.69 Å². The molecule has 0 radical (unpaired) electrons. The third-order valence-electron chi connectivity index (χ3n) is 3.37. The van der Waals surface area contributed by atoms with E-state index in [2.05, 4.69) is 5.32 Å². The van der Waals surface area contributed by atoms with Crippen LogP contribution in [0, 0.1) is 0 Å². The van der Waals surface area contributed by atoms with Crippen LogP contribution >= 0.6 is 11.8 Å². The molecule has 2 rings (SSSR count). The number of para-hydroxylation sites is 2. The van der Waals surface area contributed by atoms with Gasteiger partial charge in [-0.15, -0.1) is 11.8 Å². The number of hydrogen-bond acceptors (Lipinski definition) is 4. The minimum atomic E-state index is -0.387. The van der Waals surface area contributed by atoms with Gasteiger partial charge in [0.1, 0.15) is 0 Å². The highest BCUT2D eigenvalue weighted by molar-refractivity contribution is 8.00. The first-order valence-electron chi connectivity index (χ1n) is 7.70. The molecule has 0 aliphatic heterocycles. The van der Waals surface area contributed by atoms with E-state index in [4.69, 9.17) is 5.73 Å². The zero-order valence-corrected chi connectivity index (χ0v) is 14.4. The lowest BCUT2D eigenvalue weighted by atomic mass is 10.2. The highest BCUT2D eigenvalue weighted by Crippen LogP contribution is 2.26. The molecule has 126 valence electrons. The molecule has 0 spiro atoms. The molecule has 0 aromatic heterocycles. The molecule has 5 nitrogen and oxygen atoms in total. The molecular weight excluding hydrogens is 322 g/mol. The second kappa shape index (κ2) is 8.98. The molecule has 0 atom stereocenters. The fourth-order valence-corrected chi connectivity index (χ4v) is 2.98. The summed E-state index contributed by atoms with van der Waals surface area (Å²) in [4.78, 5) is 26.2. The van der Waals surface area contributed by atoms with Gasteiger partial charge in [0.2, 0.25) is 11.8 Å². The Morgan fingerprint density at radius 3 is 2.42 bits per heavy atom. The molecule has 0 heterocycles. The average Bonchev–Trinajstić information content (AvgIpc) is 2.59. The number of carbonyl (C=O) groups is 2. The van der Waals surface area contributed by atoms with Crippen LogP contribution in [0.25, 0.3) is 0 Å². The van der Waals surface area contributed by atoms with Gasteiger partial charge in [-0.1, -0.05) is 30.3 Å². The van der Waals surface area contributed by atoms with Crippen molar-refractivity contribution >= 4 is 35.0 Å². The lowest BCUT2D eigenvalue weighted by Gasteiger charge is -2.22. The smallest absolute Gasteiger partial charge is 0.243 e. The lowest BCUT2D eigenvalue weighted by molar-refractivity contribution is -0.116. The molecule has 0 aliphatic carbocycles. The minimum Gasteiger partial charge on any atom is -0.369 e. The van der Waals surface area contributed by atoms with Crippen molar-refractivity contribution in [2.24, 2.45) is 5.73 Å². The van der Waals surface area contributed by atoms with Crippen LogP contribution in [0.1, 0.15) is 6.92 Å². The van der Waals surface area contributed by atoms with Gasteiger partial charge in [-0.2, -0.15) is 0 Å². The lowest BCUT2D eigenvalue weighted by Crippen LogP contribution is -2.33. The van der Waals surface area contributed by atoms with Crippen molar-refractivity contribution in [1.82, 2.24) is 0 Å². The summed E-state index contributed by atoms with van der Waals surface area (Å²) in [6.07, 6.45) is 0. The van der Waals surface area contributed by atoms with Crippen molar-refractivity contribution < 1.29 is 9.59 Å². The predicted octanol–water partition coefficient (Wildman–Crippen LogP) is 2.73. The van der Waals surface area contributed by atoms with E-state index in [1.165, 1.54) is 11.8 Å². The molecule has 0 unspecified atom stereocenters. The summed E-state index contributed by atoms with van der Waals surface area (Å²) < 4.78 is 0. The van der Waals surface area contributed by atoms with Crippen LogP contribution in [0.5, 0.6) is 0 Å². The Balaban J connectivity index is 2.03. The molecule has 3 N–H and O–H groups in total. The summed E-state index contributed by atoms with van der Waals surface area (Å²) >= 11 is 1.32. The summed E-state index contributed by atoms with van der Waals surface area (Å²) in [5.41, 5.74) is 6.88. The standard InChI is InChI=1S/C18H21N3O2S/c1-2-21(14-8-4-3-5-9-14)12-18(23)20-15-10-6-7-11-16(15)24-13-17(19)22/h3-11H,2,12-13H2,1H3,(H2,19,22)(H,20,23). The molecular formula is C18H21N3O2S. The highest BCUT2D eigenvalue weighted by atomic mass is 32.2. The number of nitrogens with two attached hydrogens (primary N) is 1. The van der Waals surface area contributed by atoms with Crippen molar-refractivity contribution in [2.75, 3.05) is 29.1 Å². The Kier molecular flexibility index (Phi) is 6.69. The SMILES string of the molecule is CCN(CC(=O)Nc1ccccc1SCC(N)=O)c1ccccc1. The number of anilines is 2. The minimum absolute atomic E-state index is 0.104. The van der Waals surface area contributed by atoms with Gasteiger partial charge in [-0.25, -0.2) is 0 Å². The zero-order valence-electron chi connectivity index (χ0n) is 13.6. The van der Waals surface area contributed by atoms with Crippen molar-refractivity contribution in [3.05, 3.63) is 54.6 Å². The zero-order chi connectivity index (χ0) is 17.4. The van der Waals surface area contributed by atoms with Crippen molar-refractivity contribution in [2.45, 2.75) is 11.8 Å². The molecule has 2 aromatic carbocycles. The Morgan fingerprint density at radius 2 is 1.75 bits per heavy atom. The monoisotopic (exact) mass is 343 g/mol. The first kappa shape index (κ1) is 17.9. The maximum Gasteiger partial charge on any atom is 0.243 e.